The lowest BCUT2D eigenvalue weighted by atomic mass is 9.94. The molecule has 10 fully saturated rings. The Bertz CT molecular complexity index is 3050. The van der Waals surface area contributed by atoms with Crippen molar-refractivity contribution in [2.75, 3.05) is 66.1 Å². The molecule has 2 amide bonds. The van der Waals surface area contributed by atoms with E-state index in [4.69, 9.17) is 90.0 Å². The predicted octanol–water partition coefficient (Wildman–Crippen LogP) is -22.5. The zero-order valence-corrected chi connectivity index (χ0v) is 61.9. The van der Waals surface area contributed by atoms with E-state index in [1.165, 1.54) is 0 Å². The number of hydrogen-bond donors (Lipinski definition) is 32. The molecule has 10 aliphatic rings. The van der Waals surface area contributed by atoms with Crippen molar-refractivity contribution in [1.82, 2.24) is 10.6 Å². The normalized spacial score (nSPS) is 51.5. The molecule has 0 spiro atoms. The molecule has 50 atom stereocenters. The highest BCUT2D eigenvalue weighted by Gasteiger charge is 2.62. The van der Waals surface area contributed by atoms with Crippen molar-refractivity contribution in [2.24, 2.45) is 0 Å². The van der Waals surface area contributed by atoms with Crippen molar-refractivity contribution in [1.29, 1.82) is 0 Å². The fraction of sp³-hybridized carbons (Fsp3) is 0.969. The standard InChI is InChI=1S/C64H108N2O51/c1-13(76)65-25-35(86)47(22(10-74)100-55(25)98)110-56-26(66-14(2)77)36(87)48(23(11-75)108-56)111-61-46(97)51(34(85)24(109-61)12-99-57-44(95)49(32(83)20(8-72)101-57)113-62-52(39(90)29(80)17(5-69)105-62)115-59-43(94)38(89)28(79)16(4-68)103-59)114-63-54(41(92)31(82)18(6-70)106-63)117-64-53(40(91)30(81)19(7-71)107-64)116-60-45(96)50(33(84)21(9-73)104-60)112-58-42(93)37(88)27(78)15(3-67)102-58/h15-64,67-75,78-98H,3-12H2,1-2H3,(H,65,76)(H,66,77)/t15-,16-,17-,18-,19-,20-,21-,22-,23-,24-,25-,26-,27-,28-,29-,30-,31-,32-,33-,34-,35-,36-,37+,38+,39+,40+,41+,42-,43+,44+,45+,46+,47-,48-,49+,50+,51+,52+,53+,54+,55?,56+,57+,58-,59-,60-,61+,62-,63-,64-/m1/s1. The van der Waals surface area contributed by atoms with Crippen molar-refractivity contribution >= 4 is 11.8 Å². The molecule has 680 valence electrons. The smallest absolute Gasteiger partial charge is 0.217 e. The summed E-state index contributed by atoms with van der Waals surface area (Å²) in [7, 11) is 0. The Morgan fingerprint density at radius 1 is 0.222 bits per heavy atom. The lowest BCUT2D eigenvalue weighted by Gasteiger charge is -2.51. The number of aliphatic hydroxyl groups excluding tert-OH is 30. The average Bonchev–Trinajstić information content (AvgIpc) is 0.769. The van der Waals surface area contributed by atoms with Crippen LogP contribution in [0.2, 0.25) is 0 Å². The Morgan fingerprint density at radius 2 is 0.462 bits per heavy atom. The van der Waals surface area contributed by atoms with E-state index in [-0.39, 0.29) is 0 Å². The highest BCUT2D eigenvalue weighted by Crippen LogP contribution is 2.41. The summed E-state index contributed by atoms with van der Waals surface area (Å²) >= 11 is 0. The molecular formula is C64H108N2O51. The number of rotatable bonds is 30. The fourth-order valence-corrected chi connectivity index (χ4v) is 15.1. The second-order valence-corrected chi connectivity index (χ2v) is 29.5. The zero-order chi connectivity index (χ0) is 85.9. The summed E-state index contributed by atoms with van der Waals surface area (Å²) in [6.45, 7) is -9.35. The van der Waals surface area contributed by atoms with Gasteiger partial charge >= 0.3 is 0 Å². The van der Waals surface area contributed by atoms with Crippen LogP contribution in [0.15, 0.2) is 0 Å². The van der Waals surface area contributed by atoms with Crippen LogP contribution in [0.25, 0.3) is 0 Å². The predicted molar refractivity (Wildman–Crippen MR) is 353 cm³/mol. The van der Waals surface area contributed by atoms with E-state index in [2.05, 4.69) is 10.6 Å². The molecule has 53 heteroatoms. The monoisotopic (exact) mass is 1720 g/mol. The van der Waals surface area contributed by atoms with Gasteiger partial charge in [-0.05, 0) is 0 Å². The van der Waals surface area contributed by atoms with E-state index in [1.54, 1.807) is 0 Å². The minimum absolute atomic E-state index is 0.801. The summed E-state index contributed by atoms with van der Waals surface area (Å²) in [5.74, 6) is -1.76. The number of hydrogen-bond acceptors (Lipinski definition) is 51. The Hall–Kier alpha value is -3.02. The van der Waals surface area contributed by atoms with Gasteiger partial charge in [0, 0.05) is 13.8 Å². The van der Waals surface area contributed by atoms with Crippen molar-refractivity contribution in [3.05, 3.63) is 0 Å². The second kappa shape index (κ2) is 41.9. The molecule has 10 aliphatic heterocycles. The summed E-state index contributed by atoms with van der Waals surface area (Å²) in [4.78, 5) is 25.2. The molecule has 0 saturated carbocycles. The van der Waals surface area contributed by atoms with Crippen molar-refractivity contribution in [3.63, 3.8) is 0 Å². The third-order valence-electron chi connectivity index (χ3n) is 21.7. The summed E-state index contributed by atoms with van der Waals surface area (Å²) in [5, 5.41) is 337. The minimum atomic E-state index is -2.63. The molecule has 0 aromatic rings. The van der Waals surface area contributed by atoms with Crippen molar-refractivity contribution < 1.29 is 253 Å². The Morgan fingerprint density at radius 3 is 0.829 bits per heavy atom. The molecule has 10 rings (SSSR count). The number of aliphatic hydroxyl groups is 30. The molecule has 0 aliphatic carbocycles. The highest BCUT2D eigenvalue weighted by atomic mass is 16.8. The molecule has 0 aromatic carbocycles. The van der Waals surface area contributed by atoms with Crippen LogP contribution >= 0.6 is 0 Å². The first kappa shape index (κ1) is 96.2. The van der Waals surface area contributed by atoms with Gasteiger partial charge in [0.15, 0.2) is 62.9 Å². The first-order valence-electron chi connectivity index (χ1n) is 37.2. The number of carbonyl (C=O) groups is 2. The first-order valence-corrected chi connectivity index (χ1v) is 37.2. The van der Waals surface area contributed by atoms with E-state index in [0.29, 0.717) is 0 Å². The molecule has 10 heterocycles. The molecule has 0 aromatic heterocycles. The molecule has 1 unspecified atom stereocenters. The summed E-state index contributed by atoms with van der Waals surface area (Å²) in [6.07, 6.45) is -104. The third kappa shape index (κ3) is 20.6. The molecular weight excluding hydrogens is 1610 g/mol. The van der Waals surface area contributed by atoms with Gasteiger partial charge in [0.05, 0.1) is 66.1 Å². The van der Waals surface area contributed by atoms with Gasteiger partial charge in [0.2, 0.25) is 11.8 Å². The maximum atomic E-state index is 13.0. The van der Waals surface area contributed by atoms with Crippen LogP contribution in [0.4, 0.5) is 0 Å². The van der Waals surface area contributed by atoms with Crippen molar-refractivity contribution in [2.45, 2.75) is 321 Å². The molecule has 117 heavy (non-hydrogen) atoms. The van der Waals surface area contributed by atoms with Gasteiger partial charge < -0.3 is 254 Å². The zero-order valence-electron chi connectivity index (χ0n) is 61.9. The lowest BCUT2D eigenvalue weighted by Crippen LogP contribution is -2.70. The van der Waals surface area contributed by atoms with Gasteiger partial charge in [-0.15, -0.1) is 0 Å². The van der Waals surface area contributed by atoms with E-state index in [1.807, 2.05) is 0 Å². The van der Waals surface area contributed by atoms with E-state index < -0.39 is 385 Å². The molecule has 32 N–H and O–H groups in total. The quantitative estimate of drug-likeness (QED) is 0.0318. The highest BCUT2D eigenvalue weighted by molar-refractivity contribution is 5.73. The van der Waals surface area contributed by atoms with Crippen LogP contribution in [-0.2, 0) is 99.6 Å². The lowest BCUT2D eigenvalue weighted by molar-refractivity contribution is -0.411. The van der Waals surface area contributed by atoms with Gasteiger partial charge in [-0.3, -0.25) is 9.59 Å². The Kier molecular flexibility index (Phi) is 34.4. The topological polar surface area (TPSA) is 840 Å². The van der Waals surface area contributed by atoms with Crippen molar-refractivity contribution in [3.8, 4) is 0 Å². The Labute approximate surface area is 660 Å². The third-order valence-corrected chi connectivity index (χ3v) is 21.7. The number of nitrogens with one attached hydrogen (secondary N) is 2. The number of carbonyl (C=O) groups excluding carboxylic acids is 2. The molecule has 0 radical (unpaired) electrons. The van der Waals surface area contributed by atoms with Crippen LogP contribution in [0.3, 0.4) is 0 Å². The van der Waals surface area contributed by atoms with E-state index in [0.717, 1.165) is 13.8 Å². The van der Waals surface area contributed by atoms with E-state index >= 15 is 0 Å². The minimum Gasteiger partial charge on any atom is -0.394 e. The van der Waals surface area contributed by atoms with Gasteiger partial charge in [0.25, 0.3) is 0 Å². The van der Waals surface area contributed by atoms with Crippen LogP contribution < -0.4 is 10.6 Å². The SMILES string of the molecule is CC(=O)N[C@H]1[C@H](O[C@H]2[C@H](O)[C@@H](NC(C)=O)C(O)O[C@@H]2CO)O[C@H](CO)[C@@H](O[C@@H]2O[C@H](CO[C@H]3O[C@H](CO)[C@@H](O)[C@H](O[C@H]4O[C@H](CO)[C@@H](O)[C@H](O)[C@@H]4O[C@H]4O[C@H](CO)[C@@H](O)[C@H](O)[C@@H]4O)[C@@H]3O)[C@@H](O)[C@H](O[C@H]3O[C@H](CO)[C@@H](O)[C@H](O)[C@@H]3O[C@H]3O[C@H](CO)[C@@H](O)[C@H](O)[C@@H]3O[C@H]3O[C@H](CO)[C@@H](O)[C@H](O[C@H]4O[C@H](CO)[C@@H](O)[C@H](O)[C@H]4O)[C@@H]3O)[C@@H]2O)[C@@H]1O. The summed E-state index contributed by atoms with van der Waals surface area (Å²) < 4.78 is 111. The van der Waals surface area contributed by atoms with Gasteiger partial charge in [0.1, 0.15) is 244 Å². The van der Waals surface area contributed by atoms with Crippen LogP contribution in [0.1, 0.15) is 13.8 Å². The average molecular weight is 1720 g/mol. The fourth-order valence-electron chi connectivity index (χ4n) is 15.1. The summed E-state index contributed by atoms with van der Waals surface area (Å²) in [5.41, 5.74) is 0. The molecule has 53 nitrogen and oxygen atoms in total. The van der Waals surface area contributed by atoms with Crippen LogP contribution in [0, 0.1) is 0 Å². The number of ether oxygens (including phenoxy) is 19. The van der Waals surface area contributed by atoms with Crippen LogP contribution in [0.5, 0.6) is 0 Å². The van der Waals surface area contributed by atoms with Crippen LogP contribution in [-0.4, -0.2) is 538 Å². The maximum absolute atomic E-state index is 13.0. The second-order valence-electron chi connectivity index (χ2n) is 29.5. The maximum Gasteiger partial charge on any atom is 0.217 e. The van der Waals surface area contributed by atoms with Gasteiger partial charge in [-0.25, -0.2) is 0 Å². The van der Waals surface area contributed by atoms with Gasteiger partial charge in [-0.2, -0.15) is 0 Å². The number of amides is 2. The van der Waals surface area contributed by atoms with Gasteiger partial charge in [-0.1, -0.05) is 0 Å². The first-order chi connectivity index (χ1) is 55.5. The molecule has 10 saturated heterocycles. The Balaban J connectivity index is 0.970. The largest absolute Gasteiger partial charge is 0.394 e. The van der Waals surface area contributed by atoms with E-state index in [9.17, 15) is 163 Å². The summed E-state index contributed by atoms with van der Waals surface area (Å²) in [6, 6.07) is -3.62. The molecule has 0 bridgehead atoms.